The molecule has 0 unspecified atom stereocenters. The summed E-state index contributed by atoms with van der Waals surface area (Å²) in [5.41, 5.74) is 5.14. The summed E-state index contributed by atoms with van der Waals surface area (Å²) >= 11 is 0. The minimum atomic E-state index is 0.610. The molecule has 0 spiro atoms. The van der Waals surface area contributed by atoms with Crippen molar-refractivity contribution in [2.24, 2.45) is 0 Å². The summed E-state index contributed by atoms with van der Waals surface area (Å²) in [5.74, 6) is 0.610. The van der Waals surface area contributed by atoms with Crippen LogP contribution in [0.3, 0.4) is 0 Å². The van der Waals surface area contributed by atoms with E-state index in [1.807, 2.05) is 0 Å². The van der Waals surface area contributed by atoms with Gasteiger partial charge in [-0.25, -0.2) is 0 Å². The number of fused-ring (bicyclic) bond motifs is 1. The molecule has 1 aliphatic rings. The van der Waals surface area contributed by atoms with Gasteiger partial charge in [-0.2, -0.15) is 0 Å². The van der Waals surface area contributed by atoms with E-state index in [0.717, 1.165) is 12.2 Å². The third kappa shape index (κ3) is 1.35. The summed E-state index contributed by atoms with van der Waals surface area (Å²) in [4.78, 5) is 0. The molecule has 0 bridgehead atoms. The average molecular weight is 173 g/mol. The predicted molar refractivity (Wildman–Crippen MR) is 56.4 cm³/mol. The lowest BCUT2D eigenvalue weighted by molar-refractivity contribution is 0.859. The van der Waals surface area contributed by atoms with Gasteiger partial charge >= 0.3 is 0 Å². The second kappa shape index (κ2) is 2.91. The van der Waals surface area contributed by atoms with Gasteiger partial charge < -0.3 is 5.32 Å². The van der Waals surface area contributed by atoms with Crippen LogP contribution in [0.5, 0.6) is 0 Å². The zero-order valence-electron chi connectivity index (χ0n) is 8.22. The highest BCUT2D eigenvalue weighted by Gasteiger charge is 2.14. The third-order valence-corrected chi connectivity index (χ3v) is 2.61. The molecule has 0 atom stereocenters. The van der Waals surface area contributed by atoms with Gasteiger partial charge in [-0.05, 0) is 17.0 Å². The van der Waals surface area contributed by atoms with Gasteiger partial charge in [0.05, 0.1) is 0 Å². The van der Waals surface area contributed by atoms with Crippen molar-refractivity contribution in [1.29, 1.82) is 0 Å². The Hall–Kier alpha value is -1.24. The van der Waals surface area contributed by atoms with Crippen LogP contribution in [-0.4, -0.2) is 0 Å². The van der Waals surface area contributed by atoms with Crippen LogP contribution in [0.15, 0.2) is 24.8 Å². The number of nitrogens with one attached hydrogen (secondary N) is 1. The Morgan fingerprint density at radius 2 is 2.15 bits per heavy atom. The summed E-state index contributed by atoms with van der Waals surface area (Å²) in [5, 5.41) is 3.26. The van der Waals surface area contributed by atoms with Crippen molar-refractivity contribution in [3.8, 4) is 0 Å². The molecule has 1 N–H and O–H groups in total. The van der Waals surface area contributed by atoms with E-state index >= 15 is 0 Å². The van der Waals surface area contributed by atoms with Gasteiger partial charge in [0.15, 0.2) is 0 Å². The molecule has 2 rings (SSSR count). The maximum absolute atomic E-state index is 3.96. The molecule has 0 fully saturated rings. The van der Waals surface area contributed by atoms with Crippen molar-refractivity contribution >= 4 is 5.70 Å². The zero-order chi connectivity index (χ0) is 9.42. The highest BCUT2D eigenvalue weighted by Crippen LogP contribution is 2.26. The number of hydrogen-bond donors (Lipinski definition) is 1. The van der Waals surface area contributed by atoms with E-state index in [0.29, 0.717) is 5.92 Å². The maximum Gasteiger partial charge on any atom is 0.0407 e. The molecule has 1 aromatic carbocycles. The smallest absolute Gasteiger partial charge is 0.0407 e. The first-order valence-corrected chi connectivity index (χ1v) is 4.74. The van der Waals surface area contributed by atoms with Crippen LogP contribution in [0.2, 0.25) is 0 Å². The molecule has 13 heavy (non-hydrogen) atoms. The standard InChI is InChI=1S/C12H15N/c1-8(2)10-4-5-12-9(3)13-7-11(12)6-10/h4-6,8,13H,3,7H2,1-2H3. The summed E-state index contributed by atoms with van der Waals surface area (Å²) in [6.45, 7) is 9.34. The molecule has 1 aromatic rings. The van der Waals surface area contributed by atoms with Crippen molar-refractivity contribution < 1.29 is 0 Å². The van der Waals surface area contributed by atoms with Crippen LogP contribution < -0.4 is 5.32 Å². The Labute approximate surface area is 79.5 Å². The fraction of sp³-hybridized carbons (Fsp3) is 0.333. The number of rotatable bonds is 1. The molecule has 1 heteroatoms. The van der Waals surface area contributed by atoms with Crippen LogP contribution in [-0.2, 0) is 6.54 Å². The molecule has 68 valence electrons. The highest BCUT2D eigenvalue weighted by atomic mass is 14.9. The summed E-state index contributed by atoms with van der Waals surface area (Å²) < 4.78 is 0. The zero-order valence-corrected chi connectivity index (χ0v) is 8.22. The first kappa shape index (κ1) is 8.36. The van der Waals surface area contributed by atoms with E-state index in [1.165, 1.54) is 16.7 Å². The summed E-state index contributed by atoms with van der Waals surface area (Å²) in [7, 11) is 0. The van der Waals surface area contributed by atoms with Gasteiger partial charge in [0, 0.05) is 17.8 Å². The lowest BCUT2D eigenvalue weighted by Crippen LogP contribution is -1.98. The SMILES string of the molecule is C=C1NCc2cc(C(C)C)ccc21. The van der Waals surface area contributed by atoms with Crippen molar-refractivity contribution in [3.63, 3.8) is 0 Å². The molecule has 0 amide bonds. The molecule has 1 aliphatic heterocycles. The minimum absolute atomic E-state index is 0.610. The van der Waals surface area contributed by atoms with Gasteiger partial charge in [0.25, 0.3) is 0 Å². The molecular weight excluding hydrogens is 158 g/mol. The molecule has 0 radical (unpaired) electrons. The first-order valence-electron chi connectivity index (χ1n) is 4.74. The Bertz CT molecular complexity index is 350. The Morgan fingerprint density at radius 1 is 1.38 bits per heavy atom. The maximum atomic E-state index is 3.96. The largest absolute Gasteiger partial charge is 0.381 e. The van der Waals surface area contributed by atoms with E-state index in [-0.39, 0.29) is 0 Å². The number of benzene rings is 1. The lowest BCUT2D eigenvalue weighted by atomic mass is 9.98. The van der Waals surface area contributed by atoms with Crippen LogP contribution in [0, 0.1) is 0 Å². The van der Waals surface area contributed by atoms with Gasteiger partial charge in [-0.1, -0.05) is 38.6 Å². The van der Waals surface area contributed by atoms with E-state index < -0.39 is 0 Å². The second-order valence-electron chi connectivity index (χ2n) is 3.90. The van der Waals surface area contributed by atoms with Gasteiger partial charge in [-0.15, -0.1) is 0 Å². The fourth-order valence-corrected chi connectivity index (χ4v) is 1.71. The molecule has 0 saturated carbocycles. The number of hydrogen-bond acceptors (Lipinski definition) is 1. The van der Waals surface area contributed by atoms with Gasteiger partial charge in [0.1, 0.15) is 0 Å². The minimum Gasteiger partial charge on any atom is -0.381 e. The van der Waals surface area contributed by atoms with Crippen LogP contribution >= 0.6 is 0 Å². The molecule has 0 aromatic heterocycles. The van der Waals surface area contributed by atoms with Crippen molar-refractivity contribution in [3.05, 3.63) is 41.5 Å². The molecule has 1 nitrogen and oxygen atoms in total. The molecule has 1 heterocycles. The van der Waals surface area contributed by atoms with Crippen molar-refractivity contribution in [1.82, 2.24) is 5.32 Å². The monoisotopic (exact) mass is 173 g/mol. The van der Waals surface area contributed by atoms with Crippen LogP contribution in [0.4, 0.5) is 0 Å². The van der Waals surface area contributed by atoms with Crippen LogP contribution in [0.1, 0.15) is 36.5 Å². The average Bonchev–Trinajstić information content (AvgIpc) is 2.47. The highest BCUT2D eigenvalue weighted by molar-refractivity contribution is 5.69. The fourth-order valence-electron chi connectivity index (χ4n) is 1.71. The predicted octanol–water partition coefficient (Wildman–Crippen LogP) is 2.88. The second-order valence-corrected chi connectivity index (χ2v) is 3.90. The molecular formula is C12H15N. The Morgan fingerprint density at radius 3 is 2.85 bits per heavy atom. The van der Waals surface area contributed by atoms with E-state index in [4.69, 9.17) is 0 Å². The Balaban J connectivity index is 2.45. The molecule has 0 saturated heterocycles. The van der Waals surface area contributed by atoms with E-state index in [9.17, 15) is 0 Å². The van der Waals surface area contributed by atoms with E-state index in [1.54, 1.807) is 0 Å². The third-order valence-electron chi connectivity index (χ3n) is 2.61. The van der Waals surface area contributed by atoms with Crippen LogP contribution in [0.25, 0.3) is 5.70 Å². The molecule has 0 aliphatic carbocycles. The van der Waals surface area contributed by atoms with Crippen molar-refractivity contribution in [2.75, 3.05) is 0 Å². The van der Waals surface area contributed by atoms with Gasteiger partial charge in [-0.3, -0.25) is 0 Å². The normalized spacial score (nSPS) is 14.5. The quantitative estimate of drug-likeness (QED) is 0.688. The van der Waals surface area contributed by atoms with E-state index in [2.05, 4.69) is 43.9 Å². The topological polar surface area (TPSA) is 12.0 Å². The Kier molecular flexibility index (Phi) is 1.87. The van der Waals surface area contributed by atoms with Crippen molar-refractivity contribution in [2.45, 2.75) is 26.3 Å². The van der Waals surface area contributed by atoms with Gasteiger partial charge in [0.2, 0.25) is 0 Å². The first-order chi connectivity index (χ1) is 6.18. The summed E-state index contributed by atoms with van der Waals surface area (Å²) in [6.07, 6.45) is 0. The lowest BCUT2D eigenvalue weighted by Gasteiger charge is -2.06. The summed E-state index contributed by atoms with van der Waals surface area (Å²) in [6, 6.07) is 6.65.